The van der Waals surface area contributed by atoms with Crippen LogP contribution < -0.4 is 24.4 Å². The first kappa shape index (κ1) is 28.4. The van der Waals surface area contributed by atoms with Gasteiger partial charge in [0.2, 0.25) is 11.8 Å². The third kappa shape index (κ3) is 6.17. The lowest BCUT2D eigenvalue weighted by Crippen LogP contribution is -2.45. The summed E-state index contributed by atoms with van der Waals surface area (Å²) in [5.41, 5.74) is 2.32. The molecule has 0 saturated heterocycles. The van der Waals surface area contributed by atoms with Gasteiger partial charge in [-0.2, -0.15) is 0 Å². The van der Waals surface area contributed by atoms with Crippen LogP contribution in [0.4, 0.5) is 5.69 Å². The predicted octanol–water partition coefficient (Wildman–Crippen LogP) is 4.39. The van der Waals surface area contributed by atoms with Gasteiger partial charge in [-0.1, -0.05) is 49.4 Å². The molecule has 0 fully saturated rings. The standard InChI is InChI=1S/C30H35N5O5/c1-20(2)16-17-31-30(37)28(23-12-9-15-26(39-4)29(23)40-5)35(21-10-8-11-22(18-21)38-3)27(36)19-34-25-14-7-6-13-24(25)32-33-34/h6-15,18,20,28H,16-17,19H2,1-5H3,(H,31,37)/t28-/m1/s1. The van der Waals surface area contributed by atoms with E-state index in [1.165, 1.54) is 23.8 Å². The van der Waals surface area contributed by atoms with Crippen LogP contribution in [0.15, 0.2) is 66.7 Å². The average Bonchev–Trinajstić information content (AvgIpc) is 3.37. The van der Waals surface area contributed by atoms with Crippen LogP contribution in [0, 0.1) is 5.92 Å². The van der Waals surface area contributed by atoms with E-state index in [1.54, 1.807) is 49.6 Å². The van der Waals surface area contributed by atoms with E-state index >= 15 is 0 Å². The van der Waals surface area contributed by atoms with E-state index in [1.807, 2.05) is 24.3 Å². The number of anilines is 1. The van der Waals surface area contributed by atoms with Crippen LogP contribution >= 0.6 is 0 Å². The Bertz CT molecular complexity index is 1470. The molecule has 1 aromatic heterocycles. The van der Waals surface area contributed by atoms with Crippen LogP contribution in [0.2, 0.25) is 0 Å². The fourth-order valence-corrected chi connectivity index (χ4v) is 4.54. The molecule has 0 saturated carbocycles. The number of hydrogen-bond acceptors (Lipinski definition) is 7. The van der Waals surface area contributed by atoms with Gasteiger partial charge in [-0.15, -0.1) is 5.10 Å². The fourth-order valence-electron chi connectivity index (χ4n) is 4.54. The Morgan fingerprint density at radius 3 is 2.45 bits per heavy atom. The van der Waals surface area contributed by atoms with Gasteiger partial charge in [0.25, 0.3) is 0 Å². The number of amides is 2. The highest BCUT2D eigenvalue weighted by Gasteiger charge is 2.36. The Morgan fingerprint density at radius 2 is 1.73 bits per heavy atom. The molecule has 0 aliphatic rings. The number of carbonyl (C=O) groups is 2. The van der Waals surface area contributed by atoms with Crippen molar-refractivity contribution < 1.29 is 23.8 Å². The third-order valence-electron chi connectivity index (χ3n) is 6.56. The quantitative estimate of drug-likeness (QED) is 0.281. The second-order valence-corrected chi connectivity index (χ2v) is 9.66. The molecule has 0 spiro atoms. The van der Waals surface area contributed by atoms with Crippen molar-refractivity contribution in [3.05, 3.63) is 72.3 Å². The van der Waals surface area contributed by atoms with Crippen LogP contribution in [0.3, 0.4) is 0 Å². The van der Waals surface area contributed by atoms with Gasteiger partial charge in [0.05, 0.1) is 26.8 Å². The van der Waals surface area contributed by atoms with Gasteiger partial charge in [-0.3, -0.25) is 14.5 Å². The largest absolute Gasteiger partial charge is 0.497 e. The summed E-state index contributed by atoms with van der Waals surface area (Å²) in [4.78, 5) is 29.7. The lowest BCUT2D eigenvalue weighted by Gasteiger charge is -2.32. The van der Waals surface area contributed by atoms with Crippen LogP contribution in [-0.4, -0.2) is 54.7 Å². The number of ether oxygens (including phenoxy) is 3. The van der Waals surface area contributed by atoms with Crippen molar-refractivity contribution in [1.82, 2.24) is 20.3 Å². The number of hydrogen-bond donors (Lipinski definition) is 1. The molecule has 10 nitrogen and oxygen atoms in total. The van der Waals surface area contributed by atoms with Crippen LogP contribution in [-0.2, 0) is 16.1 Å². The second kappa shape index (κ2) is 13.0. The first-order chi connectivity index (χ1) is 19.4. The Hall–Kier alpha value is -4.60. The van der Waals surface area contributed by atoms with E-state index in [2.05, 4.69) is 29.5 Å². The Morgan fingerprint density at radius 1 is 0.950 bits per heavy atom. The number of nitrogens with zero attached hydrogens (tertiary/aromatic N) is 4. The molecular formula is C30H35N5O5. The minimum Gasteiger partial charge on any atom is -0.497 e. The van der Waals surface area contributed by atoms with Gasteiger partial charge in [0, 0.05) is 23.9 Å². The number of carbonyl (C=O) groups excluding carboxylic acids is 2. The number of nitrogens with one attached hydrogen (secondary N) is 1. The highest BCUT2D eigenvalue weighted by molar-refractivity contribution is 6.02. The number of fused-ring (bicyclic) bond motifs is 1. The molecule has 3 aromatic carbocycles. The fraction of sp³-hybridized carbons (Fsp3) is 0.333. The Balaban J connectivity index is 1.86. The molecule has 0 aliphatic heterocycles. The summed E-state index contributed by atoms with van der Waals surface area (Å²) in [5.74, 6) is 1.01. The molecule has 1 heterocycles. The maximum Gasteiger partial charge on any atom is 0.249 e. The van der Waals surface area contributed by atoms with Crippen molar-refractivity contribution >= 4 is 28.5 Å². The second-order valence-electron chi connectivity index (χ2n) is 9.66. The van der Waals surface area contributed by atoms with E-state index in [0.29, 0.717) is 52.0 Å². The zero-order chi connectivity index (χ0) is 28.6. The minimum atomic E-state index is -1.09. The molecule has 0 aliphatic carbocycles. The van der Waals surface area contributed by atoms with Crippen molar-refractivity contribution in [2.24, 2.45) is 5.92 Å². The van der Waals surface area contributed by atoms with Crippen molar-refractivity contribution in [2.45, 2.75) is 32.9 Å². The van der Waals surface area contributed by atoms with E-state index in [-0.39, 0.29) is 18.4 Å². The topological polar surface area (TPSA) is 108 Å². The summed E-state index contributed by atoms with van der Waals surface area (Å²) < 4.78 is 18.2. The zero-order valence-corrected chi connectivity index (χ0v) is 23.5. The molecular weight excluding hydrogens is 510 g/mol. The van der Waals surface area contributed by atoms with Gasteiger partial charge < -0.3 is 19.5 Å². The summed E-state index contributed by atoms with van der Waals surface area (Å²) >= 11 is 0. The lowest BCUT2D eigenvalue weighted by atomic mass is 10.0. The first-order valence-electron chi connectivity index (χ1n) is 13.1. The van der Waals surface area contributed by atoms with Crippen molar-refractivity contribution in [1.29, 1.82) is 0 Å². The molecule has 4 rings (SSSR count). The molecule has 4 aromatic rings. The number of aromatic nitrogens is 3. The summed E-state index contributed by atoms with van der Waals surface area (Å²) in [6.07, 6.45) is 0.783. The molecule has 40 heavy (non-hydrogen) atoms. The number of para-hydroxylation sites is 2. The zero-order valence-electron chi connectivity index (χ0n) is 23.5. The van der Waals surface area contributed by atoms with Crippen LogP contribution in [0.5, 0.6) is 17.2 Å². The lowest BCUT2D eigenvalue weighted by molar-refractivity contribution is -0.127. The minimum absolute atomic E-state index is 0.153. The SMILES string of the molecule is COc1cccc(N(C(=O)Cn2nnc3ccccc32)[C@@H](C(=O)NCCC(C)C)c2cccc(OC)c2OC)c1. The van der Waals surface area contributed by atoms with Crippen molar-refractivity contribution in [2.75, 3.05) is 32.8 Å². The van der Waals surface area contributed by atoms with Gasteiger partial charge in [-0.05, 0) is 42.7 Å². The highest BCUT2D eigenvalue weighted by atomic mass is 16.5. The molecule has 0 bridgehead atoms. The number of methoxy groups -OCH3 is 3. The van der Waals surface area contributed by atoms with E-state index in [4.69, 9.17) is 14.2 Å². The Labute approximate surface area is 233 Å². The van der Waals surface area contributed by atoms with E-state index < -0.39 is 6.04 Å². The molecule has 210 valence electrons. The summed E-state index contributed by atoms with van der Waals surface area (Å²) in [7, 11) is 4.59. The molecule has 10 heteroatoms. The summed E-state index contributed by atoms with van der Waals surface area (Å²) in [6.45, 7) is 4.47. The number of benzene rings is 3. The van der Waals surface area contributed by atoms with Crippen LogP contribution in [0.1, 0.15) is 31.9 Å². The predicted molar refractivity (Wildman–Crippen MR) is 153 cm³/mol. The van der Waals surface area contributed by atoms with Crippen molar-refractivity contribution in [3.8, 4) is 17.2 Å². The smallest absolute Gasteiger partial charge is 0.249 e. The maximum atomic E-state index is 14.3. The monoisotopic (exact) mass is 545 g/mol. The van der Waals surface area contributed by atoms with Crippen LogP contribution in [0.25, 0.3) is 11.0 Å². The van der Waals surface area contributed by atoms with E-state index in [0.717, 1.165) is 6.42 Å². The molecule has 1 N–H and O–H groups in total. The van der Waals surface area contributed by atoms with Gasteiger partial charge in [0.15, 0.2) is 11.5 Å². The molecule has 0 unspecified atom stereocenters. The molecule has 2 amide bonds. The molecule has 0 radical (unpaired) electrons. The van der Waals surface area contributed by atoms with Gasteiger partial charge >= 0.3 is 0 Å². The molecule has 1 atom stereocenters. The first-order valence-corrected chi connectivity index (χ1v) is 13.1. The van der Waals surface area contributed by atoms with Gasteiger partial charge in [-0.25, -0.2) is 4.68 Å². The average molecular weight is 546 g/mol. The summed E-state index contributed by atoms with van der Waals surface area (Å²) in [6, 6.07) is 18.6. The summed E-state index contributed by atoms with van der Waals surface area (Å²) in [5, 5.41) is 11.4. The Kier molecular flexibility index (Phi) is 9.21. The van der Waals surface area contributed by atoms with Crippen molar-refractivity contribution in [3.63, 3.8) is 0 Å². The number of rotatable bonds is 12. The third-order valence-corrected chi connectivity index (χ3v) is 6.56. The maximum absolute atomic E-state index is 14.3. The van der Waals surface area contributed by atoms with Gasteiger partial charge in [0.1, 0.15) is 23.9 Å². The highest BCUT2D eigenvalue weighted by Crippen LogP contribution is 2.39. The normalized spacial score (nSPS) is 11.8. The van der Waals surface area contributed by atoms with E-state index in [9.17, 15) is 9.59 Å².